The molecule has 1 saturated heterocycles. The second-order valence-corrected chi connectivity index (χ2v) is 4.02. The lowest BCUT2D eigenvalue weighted by molar-refractivity contribution is -0.141. The predicted molar refractivity (Wildman–Crippen MR) is 60.5 cm³/mol. The first-order chi connectivity index (χ1) is 7.74. The number of hydrogen-bond donors (Lipinski definition) is 0. The molecule has 2 rings (SSSR count). The Hall–Kier alpha value is -1.51. The zero-order chi connectivity index (χ0) is 11.5. The molecule has 0 N–H and O–H groups in total. The number of methoxy groups -OCH3 is 1. The SMILES string of the molecule is CCC1OC(=O)CC1c1ccc(OC)cc1. The molecule has 1 fully saturated rings. The number of carbonyl (C=O) groups excluding carboxylic acids is 1. The van der Waals surface area contributed by atoms with Crippen LogP contribution < -0.4 is 4.74 Å². The molecule has 0 radical (unpaired) electrons. The Labute approximate surface area is 95.4 Å². The summed E-state index contributed by atoms with van der Waals surface area (Å²) in [5.41, 5.74) is 1.15. The fourth-order valence-electron chi connectivity index (χ4n) is 2.16. The highest BCUT2D eigenvalue weighted by Gasteiger charge is 2.34. The van der Waals surface area contributed by atoms with Crippen molar-refractivity contribution in [3.05, 3.63) is 29.8 Å². The third kappa shape index (κ3) is 2.03. The Kier molecular flexibility index (Phi) is 3.13. The number of benzene rings is 1. The minimum atomic E-state index is -0.0901. The maximum Gasteiger partial charge on any atom is 0.306 e. The van der Waals surface area contributed by atoms with Crippen molar-refractivity contribution in [2.75, 3.05) is 7.11 Å². The van der Waals surface area contributed by atoms with Crippen LogP contribution in [0.3, 0.4) is 0 Å². The van der Waals surface area contributed by atoms with Crippen LogP contribution in [-0.2, 0) is 9.53 Å². The number of ether oxygens (including phenoxy) is 2. The summed E-state index contributed by atoms with van der Waals surface area (Å²) in [5, 5.41) is 0. The summed E-state index contributed by atoms with van der Waals surface area (Å²) in [6, 6.07) is 7.86. The van der Waals surface area contributed by atoms with E-state index in [4.69, 9.17) is 9.47 Å². The number of esters is 1. The van der Waals surface area contributed by atoms with Gasteiger partial charge in [-0.2, -0.15) is 0 Å². The first-order valence-corrected chi connectivity index (χ1v) is 5.58. The van der Waals surface area contributed by atoms with Crippen LogP contribution in [0.2, 0.25) is 0 Å². The van der Waals surface area contributed by atoms with Gasteiger partial charge >= 0.3 is 5.97 Å². The molecule has 0 bridgehead atoms. The van der Waals surface area contributed by atoms with Gasteiger partial charge < -0.3 is 9.47 Å². The Balaban J connectivity index is 2.19. The van der Waals surface area contributed by atoms with E-state index in [0.29, 0.717) is 6.42 Å². The normalized spacial score (nSPS) is 24.2. The van der Waals surface area contributed by atoms with E-state index in [1.165, 1.54) is 0 Å². The smallest absolute Gasteiger partial charge is 0.306 e. The highest BCUT2D eigenvalue weighted by molar-refractivity contribution is 5.73. The quantitative estimate of drug-likeness (QED) is 0.734. The molecule has 1 aliphatic heterocycles. The van der Waals surface area contributed by atoms with Gasteiger partial charge in [-0.3, -0.25) is 4.79 Å². The molecule has 1 aromatic carbocycles. The van der Waals surface area contributed by atoms with Crippen LogP contribution >= 0.6 is 0 Å². The second kappa shape index (κ2) is 4.56. The second-order valence-electron chi connectivity index (χ2n) is 4.02. The molecule has 1 aliphatic rings. The van der Waals surface area contributed by atoms with Crippen molar-refractivity contribution >= 4 is 5.97 Å². The van der Waals surface area contributed by atoms with E-state index in [0.717, 1.165) is 17.7 Å². The standard InChI is InChI=1S/C13H16O3/c1-3-12-11(8-13(14)16-12)9-4-6-10(15-2)7-5-9/h4-7,11-12H,3,8H2,1-2H3. The number of cyclic esters (lactones) is 1. The van der Waals surface area contributed by atoms with Gasteiger partial charge in [0.25, 0.3) is 0 Å². The van der Waals surface area contributed by atoms with E-state index in [-0.39, 0.29) is 18.0 Å². The molecule has 0 spiro atoms. The Bertz CT molecular complexity index is 369. The van der Waals surface area contributed by atoms with E-state index in [9.17, 15) is 4.79 Å². The molecule has 3 heteroatoms. The van der Waals surface area contributed by atoms with Crippen LogP contribution in [0.25, 0.3) is 0 Å². The zero-order valence-corrected chi connectivity index (χ0v) is 9.60. The number of carbonyl (C=O) groups is 1. The van der Waals surface area contributed by atoms with Crippen LogP contribution in [0.15, 0.2) is 24.3 Å². The Morgan fingerprint density at radius 3 is 2.62 bits per heavy atom. The number of rotatable bonds is 3. The van der Waals surface area contributed by atoms with Crippen LogP contribution in [0.1, 0.15) is 31.2 Å². The van der Waals surface area contributed by atoms with E-state index >= 15 is 0 Å². The molecule has 2 unspecified atom stereocenters. The van der Waals surface area contributed by atoms with Crippen molar-refractivity contribution in [3.8, 4) is 5.75 Å². The van der Waals surface area contributed by atoms with Gasteiger partial charge in [-0.25, -0.2) is 0 Å². The van der Waals surface area contributed by atoms with E-state index < -0.39 is 0 Å². The van der Waals surface area contributed by atoms with Crippen molar-refractivity contribution in [3.63, 3.8) is 0 Å². The van der Waals surface area contributed by atoms with Crippen molar-refractivity contribution in [2.24, 2.45) is 0 Å². The predicted octanol–water partition coefficient (Wildman–Crippen LogP) is 2.50. The van der Waals surface area contributed by atoms with E-state index in [2.05, 4.69) is 0 Å². The molecule has 0 amide bonds. The summed E-state index contributed by atoms with van der Waals surface area (Å²) in [7, 11) is 1.64. The molecule has 0 aliphatic carbocycles. The third-order valence-electron chi connectivity index (χ3n) is 3.06. The Morgan fingerprint density at radius 1 is 1.38 bits per heavy atom. The summed E-state index contributed by atoms with van der Waals surface area (Å²) in [6.45, 7) is 2.04. The molecule has 2 atom stereocenters. The zero-order valence-electron chi connectivity index (χ0n) is 9.60. The van der Waals surface area contributed by atoms with Gasteiger partial charge in [0.05, 0.1) is 13.5 Å². The molecule has 1 aromatic rings. The van der Waals surface area contributed by atoms with Gasteiger partial charge in [-0.15, -0.1) is 0 Å². The van der Waals surface area contributed by atoms with Gasteiger partial charge in [0.1, 0.15) is 11.9 Å². The average Bonchev–Trinajstić information content (AvgIpc) is 2.70. The molecule has 1 heterocycles. The van der Waals surface area contributed by atoms with Gasteiger partial charge in [-0.05, 0) is 24.1 Å². The fraction of sp³-hybridized carbons (Fsp3) is 0.462. The molecular weight excluding hydrogens is 204 g/mol. The van der Waals surface area contributed by atoms with Crippen LogP contribution in [-0.4, -0.2) is 19.2 Å². The van der Waals surface area contributed by atoms with Crippen molar-refractivity contribution in [2.45, 2.75) is 31.8 Å². The lowest BCUT2D eigenvalue weighted by atomic mass is 9.91. The molecule has 3 nitrogen and oxygen atoms in total. The first-order valence-electron chi connectivity index (χ1n) is 5.58. The van der Waals surface area contributed by atoms with Gasteiger partial charge in [0, 0.05) is 5.92 Å². The van der Waals surface area contributed by atoms with E-state index in [1.54, 1.807) is 7.11 Å². The van der Waals surface area contributed by atoms with Crippen molar-refractivity contribution in [1.82, 2.24) is 0 Å². The largest absolute Gasteiger partial charge is 0.497 e. The topological polar surface area (TPSA) is 35.5 Å². The molecule has 86 valence electrons. The summed E-state index contributed by atoms with van der Waals surface area (Å²) in [4.78, 5) is 11.3. The molecular formula is C13H16O3. The lowest BCUT2D eigenvalue weighted by Crippen LogP contribution is -2.12. The average molecular weight is 220 g/mol. The molecule has 16 heavy (non-hydrogen) atoms. The first kappa shape index (κ1) is 11.0. The van der Waals surface area contributed by atoms with Crippen LogP contribution in [0.4, 0.5) is 0 Å². The van der Waals surface area contributed by atoms with Gasteiger partial charge in [0.15, 0.2) is 0 Å². The van der Waals surface area contributed by atoms with Gasteiger partial charge in [0.2, 0.25) is 0 Å². The highest BCUT2D eigenvalue weighted by atomic mass is 16.5. The minimum absolute atomic E-state index is 0.0286. The maximum atomic E-state index is 11.3. The summed E-state index contributed by atoms with van der Waals surface area (Å²) in [6.07, 6.45) is 1.38. The number of hydrogen-bond acceptors (Lipinski definition) is 3. The summed E-state index contributed by atoms with van der Waals surface area (Å²) in [5.74, 6) is 0.943. The van der Waals surface area contributed by atoms with Crippen LogP contribution in [0.5, 0.6) is 5.75 Å². The molecule has 0 aromatic heterocycles. The highest BCUT2D eigenvalue weighted by Crippen LogP contribution is 2.34. The minimum Gasteiger partial charge on any atom is -0.497 e. The van der Waals surface area contributed by atoms with Crippen molar-refractivity contribution in [1.29, 1.82) is 0 Å². The molecule has 0 saturated carbocycles. The van der Waals surface area contributed by atoms with Gasteiger partial charge in [-0.1, -0.05) is 19.1 Å². The van der Waals surface area contributed by atoms with E-state index in [1.807, 2.05) is 31.2 Å². The Morgan fingerprint density at radius 2 is 2.06 bits per heavy atom. The monoisotopic (exact) mass is 220 g/mol. The summed E-state index contributed by atoms with van der Waals surface area (Å²) >= 11 is 0. The lowest BCUT2D eigenvalue weighted by Gasteiger charge is -2.16. The van der Waals surface area contributed by atoms with Crippen molar-refractivity contribution < 1.29 is 14.3 Å². The maximum absolute atomic E-state index is 11.3. The third-order valence-corrected chi connectivity index (χ3v) is 3.06. The summed E-state index contributed by atoms with van der Waals surface area (Å²) < 4.78 is 10.4. The fourth-order valence-corrected chi connectivity index (χ4v) is 2.16. The van der Waals surface area contributed by atoms with Crippen LogP contribution in [0, 0.1) is 0 Å².